The van der Waals surface area contributed by atoms with E-state index in [1.807, 2.05) is 6.92 Å². The molecule has 2 amide bonds. The lowest BCUT2D eigenvalue weighted by Crippen LogP contribution is -2.43. The van der Waals surface area contributed by atoms with Crippen LogP contribution in [0.2, 0.25) is 0 Å². The molecule has 0 saturated heterocycles. The van der Waals surface area contributed by atoms with Crippen LogP contribution >= 0.6 is 15.9 Å². The highest BCUT2D eigenvalue weighted by atomic mass is 79.9. The Balaban J connectivity index is 1.76. The summed E-state index contributed by atoms with van der Waals surface area (Å²) < 4.78 is 11.1. The van der Waals surface area contributed by atoms with Gasteiger partial charge in [-0.3, -0.25) is 20.4 Å². The Morgan fingerprint density at radius 2 is 1.74 bits per heavy atom. The third kappa shape index (κ3) is 6.74. The molecule has 0 saturated carbocycles. The number of hydrogen-bond acceptors (Lipinski definition) is 5. The Kier molecular flexibility index (Phi) is 7.81. The number of halogens is 1. The van der Waals surface area contributed by atoms with E-state index in [4.69, 9.17) is 9.47 Å². The van der Waals surface area contributed by atoms with Crippen LogP contribution in [0.3, 0.4) is 0 Å². The fourth-order valence-corrected chi connectivity index (χ4v) is 2.38. The van der Waals surface area contributed by atoms with Gasteiger partial charge in [0.25, 0.3) is 11.8 Å². The maximum absolute atomic E-state index is 11.9. The number of amides is 2. The van der Waals surface area contributed by atoms with E-state index >= 15 is 0 Å². The third-order valence-electron chi connectivity index (χ3n) is 3.30. The molecule has 0 atom stereocenters. The highest BCUT2D eigenvalue weighted by molar-refractivity contribution is 9.10. The van der Waals surface area contributed by atoms with Crippen LogP contribution in [0.1, 0.15) is 34.1 Å². The van der Waals surface area contributed by atoms with Gasteiger partial charge in [-0.1, -0.05) is 28.9 Å². The van der Waals surface area contributed by atoms with Crippen molar-refractivity contribution in [1.82, 2.24) is 10.9 Å². The SMILES string of the molecule is CCCOC(=O)c1ccc(OCC(=O)NNC(=O)c2cccc(Br)c2)cc1. The molecule has 2 aromatic carbocycles. The molecule has 0 spiro atoms. The minimum atomic E-state index is -0.523. The van der Waals surface area contributed by atoms with Crippen LogP contribution < -0.4 is 15.6 Å². The van der Waals surface area contributed by atoms with E-state index < -0.39 is 17.8 Å². The van der Waals surface area contributed by atoms with Gasteiger partial charge in [0.2, 0.25) is 0 Å². The molecule has 2 N–H and O–H groups in total. The van der Waals surface area contributed by atoms with E-state index in [1.165, 1.54) is 0 Å². The van der Waals surface area contributed by atoms with Gasteiger partial charge in [0.1, 0.15) is 5.75 Å². The van der Waals surface area contributed by atoms with Gasteiger partial charge >= 0.3 is 5.97 Å². The van der Waals surface area contributed by atoms with Crippen molar-refractivity contribution in [1.29, 1.82) is 0 Å². The molecular formula is C19H19BrN2O5. The number of benzene rings is 2. The molecule has 0 bridgehead atoms. The summed E-state index contributed by atoms with van der Waals surface area (Å²) in [6, 6.07) is 13.0. The Labute approximate surface area is 165 Å². The van der Waals surface area contributed by atoms with Gasteiger partial charge in [0.15, 0.2) is 6.61 Å². The lowest BCUT2D eigenvalue weighted by Gasteiger charge is -2.09. The van der Waals surface area contributed by atoms with E-state index in [1.54, 1.807) is 48.5 Å². The first-order valence-corrected chi connectivity index (χ1v) is 9.03. The summed E-state index contributed by atoms with van der Waals surface area (Å²) >= 11 is 3.27. The number of ether oxygens (including phenoxy) is 2. The smallest absolute Gasteiger partial charge is 0.338 e. The summed E-state index contributed by atoms with van der Waals surface area (Å²) in [4.78, 5) is 35.4. The number of rotatable bonds is 7. The Morgan fingerprint density at radius 3 is 2.41 bits per heavy atom. The average molecular weight is 435 g/mol. The number of carbonyl (C=O) groups is 3. The van der Waals surface area contributed by atoms with E-state index in [-0.39, 0.29) is 6.61 Å². The first-order chi connectivity index (χ1) is 13.0. The van der Waals surface area contributed by atoms with Gasteiger partial charge in [-0.2, -0.15) is 0 Å². The Hall–Kier alpha value is -2.87. The Morgan fingerprint density at radius 1 is 1.00 bits per heavy atom. The molecule has 142 valence electrons. The van der Waals surface area contributed by atoms with Crippen LogP contribution in [0.4, 0.5) is 0 Å². The highest BCUT2D eigenvalue weighted by Gasteiger charge is 2.09. The van der Waals surface area contributed by atoms with Crippen LogP contribution in [0.25, 0.3) is 0 Å². The van der Waals surface area contributed by atoms with Crippen molar-refractivity contribution in [2.45, 2.75) is 13.3 Å². The van der Waals surface area contributed by atoms with Crippen molar-refractivity contribution in [3.05, 3.63) is 64.1 Å². The van der Waals surface area contributed by atoms with Crippen molar-refractivity contribution in [2.24, 2.45) is 0 Å². The zero-order valence-corrected chi connectivity index (χ0v) is 16.2. The van der Waals surface area contributed by atoms with Crippen LogP contribution in [0.5, 0.6) is 5.75 Å². The van der Waals surface area contributed by atoms with E-state index in [0.29, 0.717) is 23.5 Å². The Bertz CT molecular complexity index is 808. The molecule has 8 heteroatoms. The molecule has 0 aliphatic carbocycles. The molecule has 0 fully saturated rings. The standard InChI is InChI=1S/C19H19BrN2O5/c1-2-10-26-19(25)13-6-8-16(9-7-13)27-12-17(23)21-22-18(24)14-4-3-5-15(20)11-14/h3-9,11H,2,10,12H2,1H3,(H,21,23)(H,22,24). The monoisotopic (exact) mass is 434 g/mol. The van der Waals surface area contributed by atoms with E-state index in [9.17, 15) is 14.4 Å². The summed E-state index contributed by atoms with van der Waals surface area (Å²) in [6.45, 7) is 1.98. The summed E-state index contributed by atoms with van der Waals surface area (Å²) in [5, 5.41) is 0. The molecule has 2 rings (SSSR count). The van der Waals surface area contributed by atoms with Gasteiger partial charge in [-0.25, -0.2) is 4.79 Å². The lowest BCUT2D eigenvalue weighted by atomic mass is 10.2. The summed E-state index contributed by atoms with van der Waals surface area (Å²) in [5.74, 6) is -0.962. The maximum atomic E-state index is 11.9. The molecule has 0 aliphatic heterocycles. The quantitative estimate of drug-likeness (QED) is 0.516. The van der Waals surface area contributed by atoms with Gasteiger partial charge in [0.05, 0.1) is 12.2 Å². The minimum Gasteiger partial charge on any atom is -0.484 e. The van der Waals surface area contributed by atoms with Gasteiger partial charge in [-0.15, -0.1) is 0 Å². The molecule has 0 heterocycles. The summed E-state index contributed by atoms with van der Waals surface area (Å²) in [7, 11) is 0. The number of esters is 1. The second-order valence-corrected chi connectivity index (χ2v) is 6.38. The van der Waals surface area contributed by atoms with Gasteiger partial charge in [-0.05, 0) is 48.9 Å². The topological polar surface area (TPSA) is 93.7 Å². The maximum Gasteiger partial charge on any atom is 0.338 e. The molecule has 27 heavy (non-hydrogen) atoms. The fourth-order valence-electron chi connectivity index (χ4n) is 1.98. The molecular weight excluding hydrogens is 416 g/mol. The average Bonchev–Trinajstić information content (AvgIpc) is 2.69. The number of nitrogens with one attached hydrogen (secondary N) is 2. The number of carbonyl (C=O) groups excluding carboxylic acids is 3. The molecule has 2 aromatic rings. The first-order valence-electron chi connectivity index (χ1n) is 8.24. The van der Waals surface area contributed by atoms with E-state index in [2.05, 4.69) is 26.8 Å². The number of hydrazine groups is 1. The summed E-state index contributed by atoms with van der Waals surface area (Å²) in [5.41, 5.74) is 5.38. The zero-order chi connectivity index (χ0) is 19.6. The second kappa shape index (κ2) is 10.3. The van der Waals surface area contributed by atoms with Crippen molar-refractivity contribution < 1.29 is 23.9 Å². The van der Waals surface area contributed by atoms with Crippen molar-refractivity contribution in [3.8, 4) is 5.75 Å². The molecule has 0 unspecified atom stereocenters. The van der Waals surface area contributed by atoms with Crippen molar-refractivity contribution in [3.63, 3.8) is 0 Å². The largest absolute Gasteiger partial charge is 0.484 e. The molecule has 0 aromatic heterocycles. The first kappa shape index (κ1) is 20.4. The van der Waals surface area contributed by atoms with Gasteiger partial charge < -0.3 is 9.47 Å². The van der Waals surface area contributed by atoms with Crippen LogP contribution in [-0.4, -0.2) is 31.0 Å². The zero-order valence-electron chi connectivity index (χ0n) is 14.7. The molecule has 0 aliphatic rings. The summed E-state index contributed by atoms with van der Waals surface area (Å²) in [6.07, 6.45) is 0.750. The lowest BCUT2D eigenvalue weighted by molar-refractivity contribution is -0.123. The fraction of sp³-hybridized carbons (Fsp3) is 0.211. The second-order valence-electron chi connectivity index (χ2n) is 5.46. The van der Waals surface area contributed by atoms with E-state index in [0.717, 1.165) is 10.9 Å². The third-order valence-corrected chi connectivity index (χ3v) is 3.79. The highest BCUT2D eigenvalue weighted by Crippen LogP contribution is 2.13. The predicted octanol–water partition coefficient (Wildman–Crippen LogP) is 2.86. The number of hydrogen-bond donors (Lipinski definition) is 2. The predicted molar refractivity (Wildman–Crippen MR) is 102 cm³/mol. The van der Waals surface area contributed by atoms with Gasteiger partial charge in [0, 0.05) is 10.0 Å². The van der Waals surface area contributed by atoms with Crippen LogP contribution in [-0.2, 0) is 9.53 Å². The normalized spacial score (nSPS) is 10.0. The van der Waals surface area contributed by atoms with Crippen LogP contribution in [0, 0.1) is 0 Å². The van der Waals surface area contributed by atoms with Crippen LogP contribution in [0.15, 0.2) is 53.0 Å². The molecule has 7 nitrogen and oxygen atoms in total. The van der Waals surface area contributed by atoms with Crippen molar-refractivity contribution in [2.75, 3.05) is 13.2 Å². The minimum absolute atomic E-state index is 0.293. The van der Waals surface area contributed by atoms with Crippen molar-refractivity contribution >= 4 is 33.7 Å². The molecule has 0 radical (unpaired) electrons.